The second-order valence-corrected chi connectivity index (χ2v) is 6.13. The Morgan fingerprint density at radius 1 is 1.00 bits per heavy atom. The zero-order valence-electron chi connectivity index (χ0n) is 15.0. The molecular weight excluding hydrogens is 387 g/mol. The minimum absolute atomic E-state index is 0.0499. The number of alkyl halides is 3. The highest BCUT2D eigenvalue weighted by Crippen LogP contribution is 2.34. The number of aromatic carboxylic acids is 1. The van der Waals surface area contributed by atoms with Gasteiger partial charge >= 0.3 is 12.1 Å². The molecule has 1 heterocycles. The largest absolute Gasteiger partial charge is 0.478 e. The first-order valence-electron chi connectivity index (χ1n) is 8.59. The topological polar surface area (TPSA) is 84.2 Å². The van der Waals surface area contributed by atoms with Crippen LogP contribution in [0.2, 0.25) is 0 Å². The summed E-state index contributed by atoms with van der Waals surface area (Å²) in [4.78, 5) is 23.8. The third-order valence-corrected chi connectivity index (χ3v) is 4.19. The molecule has 0 aliphatic carbocycles. The van der Waals surface area contributed by atoms with Crippen molar-refractivity contribution in [2.24, 2.45) is 0 Å². The van der Waals surface area contributed by atoms with Crippen LogP contribution in [0.5, 0.6) is 0 Å². The number of rotatable bonds is 6. The van der Waals surface area contributed by atoms with Gasteiger partial charge in [0.05, 0.1) is 17.4 Å². The van der Waals surface area contributed by atoms with Crippen LogP contribution in [0.25, 0.3) is 5.69 Å². The fourth-order valence-corrected chi connectivity index (χ4v) is 2.87. The maximum Gasteiger partial charge on any atom is 0.434 e. The summed E-state index contributed by atoms with van der Waals surface area (Å²) < 4.78 is 40.9. The van der Waals surface area contributed by atoms with E-state index in [1.165, 1.54) is 24.3 Å². The number of nitrogens with one attached hydrogen (secondary N) is 1. The van der Waals surface area contributed by atoms with E-state index in [1.54, 1.807) is 0 Å². The van der Waals surface area contributed by atoms with Crippen LogP contribution >= 0.6 is 0 Å². The zero-order valence-corrected chi connectivity index (χ0v) is 15.0. The number of hydrogen-bond donors (Lipinski definition) is 2. The van der Waals surface area contributed by atoms with Gasteiger partial charge in [0.15, 0.2) is 5.69 Å². The minimum Gasteiger partial charge on any atom is -0.478 e. The summed E-state index contributed by atoms with van der Waals surface area (Å²) in [5, 5.41) is 15.3. The quantitative estimate of drug-likeness (QED) is 0.659. The average Bonchev–Trinajstić information content (AvgIpc) is 3.15. The first-order valence-corrected chi connectivity index (χ1v) is 8.59. The number of carboxylic acids is 1. The van der Waals surface area contributed by atoms with E-state index in [0.717, 1.165) is 5.56 Å². The Bertz CT molecular complexity index is 1030. The molecule has 0 spiro atoms. The summed E-state index contributed by atoms with van der Waals surface area (Å²) in [7, 11) is 0. The van der Waals surface area contributed by atoms with Gasteiger partial charge in [-0.1, -0.05) is 42.5 Å². The fraction of sp³-hybridized carbons (Fsp3) is 0.150. The normalized spacial score (nSPS) is 11.3. The van der Waals surface area contributed by atoms with Crippen molar-refractivity contribution in [2.45, 2.75) is 12.6 Å². The minimum atomic E-state index is -4.97. The van der Waals surface area contributed by atoms with Crippen molar-refractivity contribution in [1.29, 1.82) is 0 Å². The standard InChI is InChI=1S/C20H16F3N3O3/c21-20(22,23)17-15(19(28)29)12-25-26(17)16-9-5-4-8-14(16)18(27)24-11-10-13-6-2-1-3-7-13/h1-9,12H,10-11H2,(H,24,27)(H,28,29). The second-order valence-electron chi connectivity index (χ2n) is 6.13. The van der Waals surface area contributed by atoms with Crippen LogP contribution in [0.15, 0.2) is 60.8 Å². The lowest BCUT2D eigenvalue weighted by Gasteiger charge is -2.15. The molecule has 3 rings (SSSR count). The van der Waals surface area contributed by atoms with Crippen molar-refractivity contribution >= 4 is 11.9 Å². The molecule has 2 aromatic carbocycles. The van der Waals surface area contributed by atoms with Crippen molar-refractivity contribution < 1.29 is 27.9 Å². The van der Waals surface area contributed by atoms with Crippen molar-refractivity contribution in [3.8, 4) is 5.69 Å². The number of nitrogens with zero attached hydrogens (tertiary/aromatic N) is 2. The third-order valence-electron chi connectivity index (χ3n) is 4.19. The van der Waals surface area contributed by atoms with Gasteiger partial charge in [0, 0.05) is 6.54 Å². The third kappa shape index (κ3) is 4.45. The van der Waals surface area contributed by atoms with Gasteiger partial charge in [-0.05, 0) is 24.1 Å². The van der Waals surface area contributed by atoms with Gasteiger partial charge in [-0.3, -0.25) is 4.79 Å². The zero-order chi connectivity index (χ0) is 21.0. The Kier molecular flexibility index (Phi) is 5.67. The average molecular weight is 403 g/mol. The van der Waals surface area contributed by atoms with E-state index in [9.17, 15) is 22.8 Å². The van der Waals surface area contributed by atoms with Crippen LogP contribution in [0.4, 0.5) is 13.2 Å². The maximum absolute atomic E-state index is 13.5. The lowest BCUT2D eigenvalue weighted by Crippen LogP contribution is -2.27. The van der Waals surface area contributed by atoms with Crippen LogP contribution in [0.3, 0.4) is 0 Å². The molecule has 2 N–H and O–H groups in total. The Balaban J connectivity index is 1.90. The van der Waals surface area contributed by atoms with Crippen LogP contribution in [0.1, 0.15) is 32.0 Å². The lowest BCUT2D eigenvalue weighted by atomic mass is 10.1. The van der Waals surface area contributed by atoms with Crippen LogP contribution in [-0.2, 0) is 12.6 Å². The number of carbonyl (C=O) groups excluding carboxylic acids is 1. The molecule has 0 fully saturated rings. The van der Waals surface area contributed by atoms with Gasteiger partial charge in [-0.2, -0.15) is 18.3 Å². The Hall–Kier alpha value is -3.62. The number of halogens is 3. The number of amides is 1. The predicted molar refractivity (Wildman–Crippen MR) is 98.0 cm³/mol. The highest BCUT2D eigenvalue weighted by Gasteiger charge is 2.41. The summed E-state index contributed by atoms with van der Waals surface area (Å²) in [6.45, 7) is 0.281. The van der Waals surface area contributed by atoms with E-state index in [-0.39, 0.29) is 17.8 Å². The molecule has 0 saturated heterocycles. The summed E-state index contributed by atoms with van der Waals surface area (Å²) in [6.07, 6.45) is -3.80. The van der Waals surface area contributed by atoms with Crippen LogP contribution in [0, 0.1) is 0 Å². The summed E-state index contributed by atoms with van der Waals surface area (Å²) in [5.41, 5.74) is -1.65. The van der Waals surface area contributed by atoms with Crippen molar-refractivity contribution in [3.63, 3.8) is 0 Å². The van der Waals surface area contributed by atoms with E-state index in [2.05, 4.69) is 10.4 Å². The molecule has 0 radical (unpaired) electrons. The molecule has 0 unspecified atom stereocenters. The molecule has 6 nitrogen and oxygen atoms in total. The predicted octanol–water partition coefficient (Wildman–Crippen LogP) is 3.56. The molecule has 150 valence electrons. The number of carbonyl (C=O) groups is 2. The second kappa shape index (κ2) is 8.17. The molecule has 9 heteroatoms. The fourth-order valence-electron chi connectivity index (χ4n) is 2.87. The van der Waals surface area contributed by atoms with E-state index in [0.29, 0.717) is 17.3 Å². The first-order chi connectivity index (χ1) is 13.8. The first kappa shape index (κ1) is 20.1. The van der Waals surface area contributed by atoms with E-state index in [1.807, 2.05) is 30.3 Å². The number of benzene rings is 2. The Labute approximate surface area is 163 Å². The van der Waals surface area contributed by atoms with Crippen molar-refractivity contribution in [3.05, 3.63) is 83.2 Å². The lowest BCUT2D eigenvalue weighted by molar-refractivity contribution is -0.143. The Morgan fingerprint density at radius 3 is 2.31 bits per heavy atom. The summed E-state index contributed by atoms with van der Waals surface area (Å²) in [5.74, 6) is -2.34. The molecule has 0 saturated carbocycles. The number of para-hydroxylation sites is 1. The monoisotopic (exact) mass is 403 g/mol. The number of aromatic nitrogens is 2. The number of carboxylic acid groups (broad SMARTS) is 1. The molecule has 29 heavy (non-hydrogen) atoms. The summed E-state index contributed by atoms with van der Waals surface area (Å²) in [6, 6.07) is 15.0. The van der Waals surface area contributed by atoms with Crippen molar-refractivity contribution in [2.75, 3.05) is 6.54 Å². The molecule has 3 aromatic rings. The Morgan fingerprint density at radius 2 is 1.66 bits per heavy atom. The molecule has 0 bridgehead atoms. The highest BCUT2D eigenvalue weighted by molar-refractivity contribution is 5.98. The molecule has 0 aliphatic heterocycles. The van der Waals surface area contributed by atoms with Gasteiger partial charge < -0.3 is 10.4 Å². The molecule has 0 aliphatic rings. The number of hydrogen-bond acceptors (Lipinski definition) is 3. The van der Waals surface area contributed by atoms with Crippen LogP contribution in [-0.4, -0.2) is 33.3 Å². The smallest absolute Gasteiger partial charge is 0.434 e. The highest BCUT2D eigenvalue weighted by atomic mass is 19.4. The van der Waals surface area contributed by atoms with Crippen LogP contribution < -0.4 is 5.32 Å². The van der Waals surface area contributed by atoms with Gasteiger partial charge in [-0.15, -0.1) is 0 Å². The maximum atomic E-state index is 13.5. The SMILES string of the molecule is O=C(NCCc1ccccc1)c1ccccc1-n1ncc(C(=O)O)c1C(F)(F)F. The molecule has 0 atom stereocenters. The van der Waals surface area contributed by atoms with E-state index >= 15 is 0 Å². The molecule has 1 aromatic heterocycles. The molecule has 1 amide bonds. The van der Waals surface area contributed by atoms with Gasteiger partial charge in [-0.25, -0.2) is 9.48 Å². The van der Waals surface area contributed by atoms with Gasteiger partial charge in [0.2, 0.25) is 0 Å². The van der Waals surface area contributed by atoms with Crippen molar-refractivity contribution in [1.82, 2.24) is 15.1 Å². The summed E-state index contributed by atoms with van der Waals surface area (Å²) >= 11 is 0. The van der Waals surface area contributed by atoms with Gasteiger partial charge in [0.25, 0.3) is 5.91 Å². The van der Waals surface area contributed by atoms with E-state index in [4.69, 9.17) is 5.11 Å². The molecular formula is C20H16F3N3O3. The van der Waals surface area contributed by atoms with Gasteiger partial charge in [0.1, 0.15) is 5.56 Å². The van der Waals surface area contributed by atoms with E-state index < -0.39 is 29.3 Å².